The monoisotopic (exact) mass is 218 g/mol. The van der Waals surface area contributed by atoms with E-state index in [-0.39, 0.29) is 18.1 Å². The number of hydrogen-bond donors (Lipinski definition) is 3. The summed E-state index contributed by atoms with van der Waals surface area (Å²) >= 11 is 0. The number of aryl methyl sites for hydroxylation is 1. The van der Waals surface area contributed by atoms with E-state index in [2.05, 4.69) is 35.8 Å². The van der Waals surface area contributed by atoms with Gasteiger partial charge in [-0.05, 0) is 25.0 Å². The highest BCUT2D eigenvalue weighted by Crippen LogP contribution is 2.42. The van der Waals surface area contributed by atoms with Gasteiger partial charge in [0.2, 0.25) is 0 Å². The van der Waals surface area contributed by atoms with Crippen LogP contribution in [0.1, 0.15) is 17.5 Å². The molecule has 16 heavy (non-hydrogen) atoms. The van der Waals surface area contributed by atoms with Crippen LogP contribution >= 0.6 is 0 Å². The van der Waals surface area contributed by atoms with Gasteiger partial charge in [-0.15, -0.1) is 0 Å². The van der Waals surface area contributed by atoms with Crippen molar-refractivity contribution in [3.05, 3.63) is 29.3 Å². The number of rotatable bonds is 1. The molecule has 0 saturated carbocycles. The Labute approximate surface area is 95.9 Å². The zero-order valence-corrected chi connectivity index (χ0v) is 9.59. The summed E-state index contributed by atoms with van der Waals surface area (Å²) in [5.74, 6) is 0. The number of aliphatic hydroxyl groups is 1. The van der Waals surface area contributed by atoms with Crippen molar-refractivity contribution in [3.63, 3.8) is 0 Å². The smallest absolute Gasteiger partial charge is 0.0584 e. The molecule has 2 aliphatic heterocycles. The quantitative estimate of drug-likeness (QED) is 0.659. The fraction of sp³-hybridized carbons (Fsp3) is 0.538. The first kappa shape index (κ1) is 10.1. The normalized spacial score (nSPS) is 31.8. The summed E-state index contributed by atoms with van der Waals surface area (Å²) in [6, 6.07) is 6.87. The van der Waals surface area contributed by atoms with Gasteiger partial charge in [0.25, 0.3) is 0 Å². The molecular formula is C13H18N2O. The van der Waals surface area contributed by atoms with Gasteiger partial charge in [-0.25, -0.2) is 0 Å². The lowest BCUT2D eigenvalue weighted by Crippen LogP contribution is -2.30. The summed E-state index contributed by atoms with van der Waals surface area (Å²) in [5, 5.41) is 16.1. The molecule has 1 spiro atoms. The lowest BCUT2D eigenvalue weighted by molar-refractivity contribution is 0.251. The molecule has 1 aromatic rings. The second-order valence-electron chi connectivity index (χ2n) is 5.15. The number of fused-ring (bicyclic) bond motifs is 2. The standard InChI is InChI=1S/C13H18N2O/c1-9-2-3-12-11(4-9)13(8-15-12)5-10(6-16)14-7-13/h2-4,10,14-16H,5-8H2,1H3/t10-,13+/m0/s1. The molecule has 2 heterocycles. The zero-order chi connectivity index (χ0) is 11.2. The van der Waals surface area contributed by atoms with Gasteiger partial charge < -0.3 is 15.7 Å². The topological polar surface area (TPSA) is 44.3 Å². The van der Waals surface area contributed by atoms with Gasteiger partial charge in [-0.2, -0.15) is 0 Å². The minimum Gasteiger partial charge on any atom is -0.395 e. The lowest BCUT2D eigenvalue weighted by Gasteiger charge is -2.22. The van der Waals surface area contributed by atoms with Crippen molar-refractivity contribution in [1.82, 2.24) is 5.32 Å². The van der Waals surface area contributed by atoms with E-state index in [9.17, 15) is 5.11 Å². The zero-order valence-electron chi connectivity index (χ0n) is 9.59. The van der Waals surface area contributed by atoms with Gasteiger partial charge >= 0.3 is 0 Å². The first-order valence-electron chi connectivity index (χ1n) is 5.93. The highest BCUT2D eigenvalue weighted by molar-refractivity contribution is 5.62. The predicted molar refractivity (Wildman–Crippen MR) is 64.8 cm³/mol. The summed E-state index contributed by atoms with van der Waals surface area (Å²) in [5.41, 5.74) is 4.21. The molecule has 3 heteroatoms. The van der Waals surface area contributed by atoms with E-state index in [1.807, 2.05) is 0 Å². The van der Waals surface area contributed by atoms with Crippen LogP contribution in [-0.4, -0.2) is 30.8 Å². The molecule has 1 saturated heterocycles. The number of benzene rings is 1. The molecule has 0 bridgehead atoms. The second kappa shape index (κ2) is 3.47. The summed E-state index contributed by atoms with van der Waals surface area (Å²) in [6.45, 7) is 4.35. The first-order valence-corrected chi connectivity index (χ1v) is 5.93. The van der Waals surface area contributed by atoms with E-state index in [0.29, 0.717) is 0 Å². The van der Waals surface area contributed by atoms with E-state index >= 15 is 0 Å². The molecule has 1 aromatic carbocycles. The maximum Gasteiger partial charge on any atom is 0.0584 e. The summed E-state index contributed by atoms with van der Waals surface area (Å²) in [6.07, 6.45) is 1.03. The number of nitrogens with one attached hydrogen (secondary N) is 2. The van der Waals surface area contributed by atoms with E-state index in [1.165, 1.54) is 16.8 Å². The van der Waals surface area contributed by atoms with Crippen molar-refractivity contribution in [2.45, 2.75) is 24.8 Å². The van der Waals surface area contributed by atoms with Gasteiger partial charge in [0.05, 0.1) is 6.61 Å². The van der Waals surface area contributed by atoms with Crippen molar-refractivity contribution < 1.29 is 5.11 Å². The number of aliphatic hydroxyl groups excluding tert-OH is 1. The molecule has 3 rings (SSSR count). The Hall–Kier alpha value is -1.06. The van der Waals surface area contributed by atoms with E-state index in [0.717, 1.165) is 19.5 Å². The molecule has 0 aromatic heterocycles. The Morgan fingerprint density at radius 3 is 3.06 bits per heavy atom. The highest BCUT2D eigenvalue weighted by atomic mass is 16.3. The average Bonchev–Trinajstić information content (AvgIpc) is 2.86. The number of anilines is 1. The van der Waals surface area contributed by atoms with Crippen LogP contribution in [0.4, 0.5) is 5.69 Å². The van der Waals surface area contributed by atoms with Crippen LogP contribution in [0, 0.1) is 6.92 Å². The minimum absolute atomic E-state index is 0.203. The fourth-order valence-electron chi connectivity index (χ4n) is 3.04. The van der Waals surface area contributed by atoms with Crippen molar-refractivity contribution in [1.29, 1.82) is 0 Å². The van der Waals surface area contributed by atoms with E-state index in [4.69, 9.17) is 0 Å². The minimum atomic E-state index is 0.203. The third kappa shape index (κ3) is 1.35. The molecule has 0 unspecified atom stereocenters. The van der Waals surface area contributed by atoms with Crippen LogP contribution in [0.2, 0.25) is 0 Å². The van der Waals surface area contributed by atoms with Gasteiger partial charge in [0.1, 0.15) is 0 Å². The van der Waals surface area contributed by atoms with Gasteiger partial charge in [-0.3, -0.25) is 0 Å². The predicted octanol–water partition coefficient (Wildman–Crippen LogP) is 1.01. The van der Waals surface area contributed by atoms with Crippen LogP contribution < -0.4 is 10.6 Å². The number of hydrogen-bond acceptors (Lipinski definition) is 3. The lowest BCUT2D eigenvalue weighted by atomic mass is 9.80. The average molecular weight is 218 g/mol. The van der Waals surface area contributed by atoms with Crippen molar-refractivity contribution in [3.8, 4) is 0 Å². The van der Waals surface area contributed by atoms with Crippen LogP contribution in [0.3, 0.4) is 0 Å². The van der Waals surface area contributed by atoms with Crippen LogP contribution in [0.15, 0.2) is 18.2 Å². The molecule has 0 amide bonds. The van der Waals surface area contributed by atoms with E-state index in [1.54, 1.807) is 0 Å². The molecule has 2 aliphatic rings. The molecule has 3 nitrogen and oxygen atoms in total. The maximum absolute atomic E-state index is 9.23. The summed E-state index contributed by atoms with van der Waals surface area (Å²) < 4.78 is 0. The molecule has 0 radical (unpaired) electrons. The van der Waals surface area contributed by atoms with E-state index < -0.39 is 0 Å². The summed E-state index contributed by atoms with van der Waals surface area (Å²) in [4.78, 5) is 0. The van der Waals surface area contributed by atoms with Gasteiger partial charge in [0, 0.05) is 30.2 Å². The largest absolute Gasteiger partial charge is 0.395 e. The van der Waals surface area contributed by atoms with Crippen LogP contribution in [0.5, 0.6) is 0 Å². The summed E-state index contributed by atoms with van der Waals surface area (Å²) in [7, 11) is 0. The molecule has 2 atom stereocenters. The highest BCUT2D eigenvalue weighted by Gasteiger charge is 2.44. The van der Waals surface area contributed by atoms with Crippen LogP contribution in [0.25, 0.3) is 0 Å². The third-order valence-corrected chi connectivity index (χ3v) is 3.95. The Bertz CT molecular complexity index is 418. The van der Waals surface area contributed by atoms with Crippen molar-refractivity contribution in [2.75, 3.05) is 25.0 Å². The molecule has 3 N–H and O–H groups in total. The maximum atomic E-state index is 9.23. The Morgan fingerprint density at radius 2 is 2.31 bits per heavy atom. The molecule has 1 fully saturated rings. The van der Waals surface area contributed by atoms with Crippen molar-refractivity contribution >= 4 is 5.69 Å². The fourth-order valence-corrected chi connectivity index (χ4v) is 3.04. The Morgan fingerprint density at radius 1 is 1.44 bits per heavy atom. The second-order valence-corrected chi connectivity index (χ2v) is 5.15. The van der Waals surface area contributed by atoms with Crippen molar-refractivity contribution in [2.24, 2.45) is 0 Å². The first-order chi connectivity index (χ1) is 7.73. The SMILES string of the molecule is Cc1ccc2c(c1)[C@@]1(CN2)CN[C@H](CO)C1. The molecule has 0 aliphatic carbocycles. The van der Waals surface area contributed by atoms with Crippen LogP contribution in [-0.2, 0) is 5.41 Å². The molecule has 86 valence electrons. The third-order valence-electron chi connectivity index (χ3n) is 3.95. The Kier molecular flexibility index (Phi) is 2.19. The van der Waals surface area contributed by atoms with Gasteiger partial charge in [-0.1, -0.05) is 17.7 Å². The van der Waals surface area contributed by atoms with Gasteiger partial charge in [0.15, 0.2) is 0 Å². The molecular weight excluding hydrogens is 200 g/mol. The Balaban J connectivity index is 1.99.